The van der Waals surface area contributed by atoms with Crippen molar-refractivity contribution in [1.29, 1.82) is 0 Å². The first kappa shape index (κ1) is 30.6. The third kappa shape index (κ3) is 3.95. The standard InChI is InChI=1S/2C8H8NO4.3C7H7.Sb/c2*10-7-5-3-1-2-4(13-3)6(5)8(11)9(7)12;3*1-7-5-3-2-4-6-7;/h2*3-6H,1-2H2;3*2-3,5-6H,1H3;/q2*-1;;;;+2/t2*3-,4+,5?,6?;;;;. The molecule has 0 N–H and O–H groups in total. The fourth-order valence-electron chi connectivity index (χ4n) is 9.23. The number of fused-ring (bicyclic) bond motifs is 10. The molecule has 8 atom stereocenters. The molecule has 0 radical (unpaired) electrons. The van der Waals surface area contributed by atoms with Crippen molar-refractivity contribution in [3.63, 3.8) is 0 Å². The normalized spacial score (nSPS) is 32.7. The second kappa shape index (κ2) is 10.5. The number of aryl methyl sites for hydroxylation is 3. The summed E-state index contributed by atoms with van der Waals surface area (Å²) in [5.41, 5.74) is 2.63. The van der Waals surface area contributed by atoms with Crippen molar-refractivity contribution >= 4 is 52.4 Å². The second-order valence-electron chi connectivity index (χ2n) is 14.3. The molecule has 0 spiro atoms. The van der Waals surface area contributed by atoms with E-state index in [1.807, 2.05) is 93.6 Å². The van der Waals surface area contributed by atoms with Crippen molar-refractivity contribution in [2.45, 2.75) is 70.9 Å². The van der Waals surface area contributed by atoms with Crippen LogP contribution < -0.4 is 10.5 Å². The molecule has 4 unspecified atom stereocenters. The van der Waals surface area contributed by atoms with Gasteiger partial charge < -0.3 is 0 Å². The van der Waals surface area contributed by atoms with Crippen LogP contribution in [0.4, 0.5) is 0 Å². The van der Waals surface area contributed by atoms with Gasteiger partial charge in [-0.25, -0.2) is 0 Å². The number of nitrogens with zero attached hydrogens (tertiary/aromatic N) is 2. The van der Waals surface area contributed by atoms with E-state index >= 15 is 0 Å². The van der Waals surface area contributed by atoms with E-state index in [9.17, 15) is 19.2 Å². The molecular formula is C37H37N2O8Sb. The summed E-state index contributed by atoms with van der Waals surface area (Å²) in [6, 6.07) is 22.9. The van der Waals surface area contributed by atoms with Gasteiger partial charge in [0.15, 0.2) is 0 Å². The Morgan fingerprint density at radius 1 is 0.521 bits per heavy atom. The number of carbonyl (C=O) groups excluding carboxylic acids is 4. The second-order valence-corrected chi connectivity index (χ2v) is 25.1. The molecule has 6 saturated heterocycles. The van der Waals surface area contributed by atoms with Crippen molar-refractivity contribution in [1.82, 2.24) is 10.1 Å². The van der Waals surface area contributed by atoms with Crippen LogP contribution in [0.1, 0.15) is 42.4 Å². The predicted octanol–water partition coefficient (Wildman–Crippen LogP) is 2.22. The van der Waals surface area contributed by atoms with Gasteiger partial charge in [-0.05, 0) is 0 Å². The fraction of sp³-hybridized carbons (Fsp3) is 0.405. The number of carbonyl (C=O) groups is 4. The number of amides is 4. The van der Waals surface area contributed by atoms with Crippen LogP contribution in [0.2, 0.25) is 0 Å². The van der Waals surface area contributed by atoms with Crippen LogP contribution >= 0.6 is 0 Å². The molecule has 248 valence electrons. The molecule has 3 aromatic rings. The summed E-state index contributed by atoms with van der Waals surface area (Å²) in [4.78, 5) is 57.7. The van der Waals surface area contributed by atoms with E-state index in [1.165, 1.54) is 0 Å². The minimum absolute atomic E-state index is 0.362. The molecular weight excluding hydrogens is 722 g/mol. The van der Waals surface area contributed by atoms with E-state index in [0.717, 1.165) is 26.8 Å². The van der Waals surface area contributed by atoms with Gasteiger partial charge in [-0.3, -0.25) is 0 Å². The molecule has 0 saturated carbocycles. The Morgan fingerprint density at radius 3 is 1.08 bits per heavy atom. The number of hydrogen-bond donors (Lipinski definition) is 0. The van der Waals surface area contributed by atoms with Gasteiger partial charge in [0.2, 0.25) is 0 Å². The molecule has 48 heavy (non-hydrogen) atoms. The first-order valence-corrected chi connectivity index (χ1v) is 22.7. The molecule has 11 heteroatoms. The van der Waals surface area contributed by atoms with Gasteiger partial charge in [-0.15, -0.1) is 0 Å². The Morgan fingerprint density at radius 2 is 0.812 bits per heavy atom. The third-order valence-corrected chi connectivity index (χ3v) is 24.5. The molecule has 0 aliphatic carbocycles. The van der Waals surface area contributed by atoms with Crippen LogP contribution in [-0.2, 0) is 34.9 Å². The fourth-order valence-corrected chi connectivity index (χ4v) is 23.0. The number of benzene rings is 3. The molecule has 6 aliphatic rings. The SMILES string of the molecule is Cc1ccc[c]([Sb]([O]N2C(=O)C3C(C2=O)[C@H]2CC[C@@H]3O2)([O]N2C(=O)C3C(C2=O)[C@H]2CC[C@@H]3O2)([c]2cccc(C)c2)[c]2cccc(C)c2)c1. The average molecular weight is 759 g/mol. The summed E-state index contributed by atoms with van der Waals surface area (Å²) in [6.45, 7) is 5.82. The zero-order chi connectivity index (χ0) is 33.1. The maximum atomic E-state index is 14.4. The van der Waals surface area contributed by atoms with Crippen LogP contribution in [0.15, 0.2) is 72.8 Å². The Kier molecular flexibility index (Phi) is 6.73. The van der Waals surface area contributed by atoms with E-state index in [2.05, 4.69) is 0 Å². The minimum atomic E-state index is -6.47. The summed E-state index contributed by atoms with van der Waals surface area (Å²) >= 11 is -6.47. The predicted molar refractivity (Wildman–Crippen MR) is 174 cm³/mol. The van der Waals surface area contributed by atoms with Gasteiger partial charge in [-0.1, -0.05) is 0 Å². The van der Waals surface area contributed by atoms with Crippen LogP contribution in [0, 0.1) is 44.4 Å². The molecule has 3 aromatic carbocycles. The number of hydrogen-bond acceptors (Lipinski definition) is 8. The monoisotopic (exact) mass is 758 g/mol. The Bertz CT molecular complexity index is 1690. The number of rotatable bonds is 7. The number of ether oxygens (including phenoxy) is 2. The summed E-state index contributed by atoms with van der Waals surface area (Å²) in [6.07, 6.45) is 1.34. The molecule has 6 aliphatic heterocycles. The topological polar surface area (TPSA) is 112 Å². The molecule has 4 bridgehead atoms. The van der Waals surface area contributed by atoms with Crippen molar-refractivity contribution in [3.05, 3.63) is 89.5 Å². The number of imide groups is 2. The summed E-state index contributed by atoms with van der Waals surface area (Å²) in [5, 5.41) is 1.85. The first-order valence-electron chi connectivity index (χ1n) is 16.8. The van der Waals surface area contributed by atoms with Gasteiger partial charge in [0, 0.05) is 0 Å². The van der Waals surface area contributed by atoms with Gasteiger partial charge in [-0.2, -0.15) is 0 Å². The van der Waals surface area contributed by atoms with Crippen LogP contribution in [0.5, 0.6) is 0 Å². The Hall–Kier alpha value is -3.40. The van der Waals surface area contributed by atoms with Gasteiger partial charge >= 0.3 is 281 Å². The van der Waals surface area contributed by atoms with Gasteiger partial charge in [0.05, 0.1) is 0 Å². The Labute approximate surface area is 280 Å². The average Bonchev–Trinajstić information content (AvgIpc) is 3.93. The van der Waals surface area contributed by atoms with E-state index < -0.39 is 65.5 Å². The molecule has 9 rings (SSSR count). The molecule has 0 aromatic heterocycles. The maximum absolute atomic E-state index is 14.4. The Balaban J connectivity index is 1.34. The zero-order valence-electron chi connectivity index (χ0n) is 27.0. The summed E-state index contributed by atoms with van der Waals surface area (Å²) < 4.78 is 28.5. The summed E-state index contributed by atoms with van der Waals surface area (Å²) in [5.74, 6) is -4.56. The third-order valence-electron chi connectivity index (χ3n) is 11.4. The van der Waals surface area contributed by atoms with Crippen molar-refractivity contribution in [3.8, 4) is 0 Å². The van der Waals surface area contributed by atoms with Crippen molar-refractivity contribution in [2.24, 2.45) is 23.7 Å². The van der Waals surface area contributed by atoms with E-state index in [4.69, 9.17) is 15.7 Å². The van der Waals surface area contributed by atoms with Crippen molar-refractivity contribution in [2.75, 3.05) is 0 Å². The molecule has 10 nitrogen and oxygen atoms in total. The van der Waals surface area contributed by atoms with E-state index in [-0.39, 0.29) is 24.4 Å². The van der Waals surface area contributed by atoms with E-state index in [0.29, 0.717) is 36.2 Å². The molecule has 6 heterocycles. The molecule has 6 fully saturated rings. The first-order chi connectivity index (χ1) is 23.1. The summed E-state index contributed by atoms with van der Waals surface area (Å²) in [7, 11) is 0. The van der Waals surface area contributed by atoms with Gasteiger partial charge in [0.1, 0.15) is 0 Å². The van der Waals surface area contributed by atoms with Crippen LogP contribution in [0.3, 0.4) is 0 Å². The quantitative estimate of drug-likeness (QED) is 0.267. The van der Waals surface area contributed by atoms with E-state index in [1.54, 1.807) is 0 Å². The number of hydroxylamine groups is 4. The van der Waals surface area contributed by atoms with Crippen molar-refractivity contribution < 1.29 is 34.9 Å². The molecule has 4 amide bonds. The zero-order valence-corrected chi connectivity index (χ0v) is 29.5. The van der Waals surface area contributed by atoms with Gasteiger partial charge in [0.25, 0.3) is 0 Å². The van der Waals surface area contributed by atoms with Crippen LogP contribution in [-0.4, -0.2) is 76.4 Å². The van der Waals surface area contributed by atoms with Crippen LogP contribution in [0.25, 0.3) is 0 Å².